The van der Waals surface area contributed by atoms with Crippen LogP contribution in [-0.2, 0) is 15.8 Å². The molecule has 8 heteroatoms. The van der Waals surface area contributed by atoms with E-state index in [4.69, 9.17) is 0 Å². The highest BCUT2D eigenvalue weighted by Gasteiger charge is 2.37. The van der Waals surface area contributed by atoms with Crippen molar-refractivity contribution in [2.45, 2.75) is 6.18 Å². The van der Waals surface area contributed by atoms with Gasteiger partial charge in [0.05, 0.1) is 22.2 Å². The van der Waals surface area contributed by atoms with E-state index in [1.807, 2.05) is 12.1 Å². The maximum absolute atomic E-state index is 13.3. The standard InChI is InChI=1S/C21H12F3N3O2/c22-21(23,24)14-6-3-5-11-13(9-26-18(11)14)17-16(19(28)27-20(17)29)12-8-25-15-7-2-1-4-10(12)15/h1-9,25-26H,(H,27,28,29). The molecular formula is C21H12F3N3O2. The number of H-pyrrole nitrogens is 2. The van der Waals surface area contributed by atoms with Crippen molar-refractivity contribution in [1.82, 2.24) is 15.3 Å². The highest BCUT2D eigenvalue weighted by atomic mass is 19.4. The van der Waals surface area contributed by atoms with E-state index < -0.39 is 23.6 Å². The Kier molecular flexibility index (Phi) is 3.48. The van der Waals surface area contributed by atoms with Gasteiger partial charge in [-0.3, -0.25) is 14.9 Å². The molecule has 0 fully saturated rings. The molecule has 144 valence electrons. The van der Waals surface area contributed by atoms with Crippen LogP contribution in [0, 0.1) is 0 Å². The Labute approximate surface area is 161 Å². The molecule has 0 spiro atoms. The fraction of sp³-hybridized carbons (Fsp3) is 0.0476. The highest BCUT2D eigenvalue weighted by molar-refractivity contribution is 6.50. The summed E-state index contributed by atoms with van der Waals surface area (Å²) in [6.45, 7) is 0. The lowest BCUT2D eigenvalue weighted by molar-refractivity contribution is -0.136. The summed E-state index contributed by atoms with van der Waals surface area (Å²) in [4.78, 5) is 30.9. The van der Waals surface area contributed by atoms with Crippen LogP contribution in [0.15, 0.2) is 54.9 Å². The first-order valence-electron chi connectivity index (χ1n) is 8.70. The van der Waals surface area contributed by atoms with Crippen LogP contribution in [-0.4, -0.2) is 21.8 Å². The molecule has 2 amide bonds. The van der Waals surface area contributed by atoms with E-state index >= 15 is 0 Å². The van der Waals surface area contributed by atoms with Crippen molar-refractivity contribution in [2.75, 3.05) is 0 Å². The molecule has 0 saturated heterocycles. The predicted octanol–water partition coefficient (Wildman–Crippen LogP) is 4.24. The molecule has 3 heterocycles. The van der Waals surface area contributed by atoms with Gasteiger partial charge in [0, 0.05) is 39.8 Å². The van der Waals surface area contributed by atoms with E-state index in [9.17, 15) is 22.8 Å². The summed E-state index contributed by atoms with van der Waals surface area (Å²) in [7, 11) is 0. The van der Waals surface area contributed by atoms with E-state index in [-0.39, 0.29) is 27.6 Å². The second kappa shape index (κ2) is 5.84. The van der Waals surface area contributed by atoms with Crippen LogP contribution >= 0.6 is 0 Å². The number of hydrogen-bond acceptors (Lipinski definition) is 2. The number of hydrogen-bond donors (Lipinski definition) is 3. The highest BCUT2D eigenvalue weighted by Crippen LogP contribution is 2.40. The number of nitrogens with one attached hydrogen (secondary N) is 3. The van der Waals surface area contributed by atoms with Gasteiger partial charge in [-0.15, -0.1) is 0 Å². The molecule has 1 aliphatic rings. The van der Waals surface area contributed by atoms with Crippen molar-refractivity contribution in [2.24, 2.45) is 0 Å². The third-order valence-electron chi connectivity index (χ3n) is 5.08. The molecule has 0 unspecified atom stereocenters. The number of aromatic nitrogens is 2. The molecule has 0 atom stereocenters. The van der Waals surface area contributed by atoms with Crippen LogP contribution in [0.5, 0.6) is 0 Å². The number of para-hydroxylation sites is 2. The van der Waals surface area contributed by atoms with E-state index in [1.54, 1.807) is 18.3 Å². The van der Waals surface area contributed by atoms with Gasteiger partial charge in [0.1, 0.15) is 0 Å². The number of amides is 2. The van der Waals surface area contributed by atoms with E-state index in [2.05, 4.69) is 15.3 Å². The third kappa shape index (κ3) is 2.49. The molecule has 5 nitrogen and oxygen atoms in total. The Morgan fingerprint density at radius 2 is 1.34 bits per heavy atom. The Bertz CT molecular complexity index is 1360. The zero-order chi connectivity index (χ0) is 20.3. The topological polar surface area (TPSA) is 77.8 Å². The first-order valence-corrected chi connectivity index (χ1v) is 8.70. The molecule has 0 aliphatic carbocycles. The number of rotatable bonds is 2. The Morgan fingerprint density at radius 3 is 2.07 bits per heavy atom. The van der Waals surface area contributed by atoms with Gasteiger partial charge in [0.15, 0.2) is 0 Å². The fourth-order valence-corrected chi connectivity index (χ4v) is 3.84. The summed E-state index contributed by atoms with van der Waals surface area (Å²) >= 11 is 0. The lowest BCUT2D eigenvalue weighted by Gasteiger charge is -2.08. The normalized spacial score (nSPS) is 15.0. The molecule has 2 aromatic heterocycles. The summed E-state index contributed by atoms with van der Waals surface area (Å²) in [5, 5.41) is 3.22. The van der Waals surface area contributed by atoms with Gasteiger partial charge in [-0.1, -0.05) is 30.3 Å². The maximum Gasteiger partial charge on any atom is 0.418 e. The van der Waals surface area contributed by atoms with Gasteiger partial charge in [-0.2, -0.15) is 13.2 Å². The Balaban J connectivity index is 1.82. The zero-order valence-corrected chi connectivity index (χ0v) is 14.6. The largest absolute Gasteiger partial charge is 0.418 e. The average Bonchev–Trinajstić information content (AvgIpc) is 3.35. The molecular weight excluding hydrogens is 383 g/mol. The molecule has 3 N–H and O–H groups in total. The van der Waals surface area contributed by atoms with E-state index in [0.29, 0.717) is 5.56 Å². The van der Waals surface area contributed by atoms with Gasteiger partial charge in [0.25, 0.3) is 11.8 Å². The van der Waals surface area contributed by atoms with Crippen molar-refractivity contribution >= 4 is 44.8 Å². The summed E-state index contributed by atoms with van der Waals surface area (Å²) in [5.41, 5.74) is 0.749. The molecule has 0 saturated carbocycles. The molecule has 4 aromatic rings. The molecule has 29 heavy (non-hydrogen) atoms. The zero-order valence-electron chi connectivity index (χ0n) is 14.6. The van der Waals surface area contributed by atoms with Gasteiger partial charge in [0.2, 0.25) is 0 Å². The number of halogens is 3. The minimum Gasteiger partial charge on any atom is -0.361 e. The Hall–Kier alpha value is -3.81. The number of benzene rings is 2. The molecule has 0 radical (unpaired) electrons. The summed E-state index contributed by atoms with van der Waals surface area (Å²) in [5.74, 6) is -1.23. The minimum atomic E-state index is -4.55. The third-order valence-corrected chi connectivity index (χ3v) is 5.08. The van der Waals surface area contributed by atoms with Gasteiger partial charge in [-0.05, 0) is 12.1 Å². The predicted molar refractivity (Wildman–Crippen MR) is 102 cm³/mol. The number of aromatic amines is 2. The van der Waals surface area contributed by atoms with Crippen LogP contribution in [0.1, 0.15) is 16.7 Å². The van der Waals surface area contributed by atoms with Crippen LogP contribution in [0.4, 0.5) is 13.2 Å². The van der Waals surface area contributed by atoms with Gasteiger partial charge < -0.3 is 9.97 Å². The number of imide groups is 1. The number of carbonyl (C=O) groups excluding carboxylic acids is 2. The quantitative estimate of drug-likeness (QED) is 0.444. The second-order valence-corrected chi connectivity index (χ2v) is 6.71. The molecule has 2 aromatic carbocycles. The lowest BCUT2D eigenvalue weighted by atomic mass is 9.95. The van der Waals surface area contributed by atoms with Crippen molar-refractivity contribution in [3.05, 3.63) is 71.5 Å². The molecule has 1 aliphatic heterocycles. The SMILES string of the molecule is O=C1NC(=O)C(c2c[nH]c3c(C(F)(F)F)cccc23)=C1c1c[nH]c2ccccc12. The number of fused-ring (bicyclic) bond motifs is 2. The molecule has 5 rings (SSSR count). The average molecular weight is 395 g/mol. The van der Waals surface area contributed by atoms with Crippen LogP contribution < -0.4 is 5.32 Å². The smallest absolute Gasteiger partial charge is 0.361 e. The number of alkyl halides is 3. The first kappa shape index (κ1) is 17.3. The van der Waals surface area contributed by atoms with Gasteiger partial charge in [-0.25, -0.2) is 0 Å². The lowest BCUT2D eigenvalue weighted by Crippen LogP contribution is -2.22. The summed E-state index contributed by atoms with van der Waals surface area (Å²) < 4.78 is 40.0. The second-order valence-electron chi connectivity index (χ2n) is 6.71. The summed E-state index contributed by atoms with van der Waals surface area (Å²) in [6, 6.07) is 11.0. The van der Waals surface area contributed by atoms with Gasteiger partial charge >= 0.3 is 6.18 Å². The van der Waals surface area contributed by atoms with Crippen molar-refractivity contribution in [1.29, 1.82) is 0 Å². The summed E-state index contributed by atoms with van der Waals surface area (Å²) in [6.07, 6.45) is -1.60. The van der Waals surface area contributed by atoms with E-state index in [0.717, 1.165) is 17.0 Å². The van der Waals surface area contributed by atoms with Crippen molar-refractivity contribution < 1.29 is 22.8 Å². The maximum atomic E-state index is 13.3. The van der Waals surface area contributed by atoms with Crippen LogP contribution in [0.2, 0.25) is 0 Å². The monoisotopic (exact) mass is 395 g/mol. The fourth-order valence-electron chi connectivity index (χ4n) is 3.84. The number of carbonyl (C=O) groups is 2. The molecule has 0 bridgehead atoms. The van der Waals surface area contributed by atoms with Crippen LogP contribution in [0.25, 0.3) is 33.0 Å². The Morgan fingerprint density at radius 1 is 0.724 bits per heavy atom. The van der Waals surface area contributed by atoms with Crippen LogP contribution in [0.3, 0.4) is 0 Å². The minimum absolute atomic E-state index is 0.0466. The van der Waals surface area contributed by atoms with Crippen molar-refractivity contribution in [3.63, 3.8) is 0 Å². The van der Waals surface area contributed by atoms with Crippen molar-refractivity contribution in [3.8, 4) is 0 Å². The first-order chi connectivity index (χ1) is 13.9. The van der Waals surface area contributed by atoms with E-state index in [1.165, 1.54) is 18.3 Å².